The molecule has 0 radical (unpaired) electrons. The third-order valence-electron chi connectivity index (χ3n) is 4.81. The first-order valence-electron chi connectivity index (χ1n) is 9.42. The van der Waals surface area contributed by atoms with Crippen LogP contribution in [0.4, 0.5) is 5.95 Å². The summed E-state index contributed by atoms with van der Waals surface area (Å²) in [5, 5.41) is 21.6. The van der Waals surface area contributed by atoms with Gasteiger partial charge in [0, 0.05) is 18.4 Å². The third kappa shape index (κ3) is 5.23. The van der Waals surface area contributed by atoms with Crippen molar-refractivity contribution >= 4 is 23.7 Å². The first-order valence-corrected chi connectivity index (χ1v) is 9.42. The molecule has 3 amide bonds. The normalized spacial score (nSPS) is 18.4. The number of nitrogens with zero attached hydrogens (tertiary/aromatic N) is 3. The van der Waals surface area contributed by atoms with Crippen molar-refractivity contribution in [3.63, 3.8) is 0 Å². The second-order valence-electron chi connectivity index (χ2n) is 6.87. The van der Waals surface area contributed by atoms with E-state index in [1.807, 2.05) is 6.92 Å². The fourth-order valence-corrected chi connectivity index (χ4v) is 3.31. The van der Waals surface area contributed by atoms with Crippen molar-refractivity contribution in [1.82, 2.24) is 20.3 Å². The van der Waals surface area contributed by atoms with E-state index in [0.29, 0.717) is 31.5 Å². The van der Waals surface area contributed by atoms with Crippen molar-refractivity contribution in [1.29, 1.82) is 0 Å². The summed E-state index contributed by atoms with van der Waals surface area (Å²) >= 11 is 0. The molecule has 1 aromatic rings. The number of rotatable bonds is 8. The van der Waals surface area contributed by atoms with Crippen LogP contribution < -0.4 is 10.8 Å². The standard InChI is InChI=1S/C18H27N5O5/c1-3-4-6-12(14(24)16(26)22-28)17(27)23-10-5-7-13(23)15(25)21-18-19-9-8-11(2)20-18/h8-9,12-14,24,28H,3-7,10H2,1-2H3,(H,22,26)(H,19,20,21,25)/t12-,13+,14+/m1/s1. The molecule has 0 unspecified atom stereocenters. The molecule has 0 saturated carbocycles. The van der Waals surface area contributed by atoms with Crippen LogP contribution in [0.5, 0.6) is 0 Å². The van der Waals surface area contributed by atoms with Gasteiger partial charge in [0.2, 0.25) is 17.8 Å². The van der Waals surface area contributed by atoms with Crippen molar-refractivity contribution in [2.24, 2.45) is 5.92 Å². The Morgan fingerprint density at radius 3 is 2.79 bits per heavy atom. The third-order valence-corrected chi connectivity index (χ3v) is 4.81. The summed E-state index contributed by atoms with van der Waals surface area (Å²) in [7, 11) is 0. The van der Waals surface area contributed by atoms with E-state index in [9.17, 15) is 19.5 Å². The SMILES string of the molecule is CCCC[C@@H](C(=O)N1CCC[C@H]1C(=O)Nc1nccc(C)n1)[C@H](O)C(=O)NO. The van der Waals surface area contributed by atoms with Gasteiger partial charge in [-0.1, -0.05) is 19.8 Å². The van der Waals surface area contributed by atoms with Crippen LogP contribution in [-0.2, 0) is 14.4 Å². The summed E-state index contributed by atoms with van der Waals surface area (Å²) in [5.41, 5.74) is 2.08. The van der Waals surface area contributed by atoms with E-state index in [1.165, 1.54) is 16.6 Å². The minimum atomic E-state index is -1.69. The minimum Gasteiger partial charge on any atom is -0.382 e. The van der Waals surface area contributed by atoms with Crippen LogP contribution in [-0.4, -0.2) is 61.6 Å². The maximum atomic E-state index is 13.0. The van der Waals surface area contributed by atoms with Crippen molar-refractivity contribution in [2.75, 3.05) is 11.9 Å². The van der Waals surface area contributed by atoms with Crippen molar-refractivity contribution in [3.8, 4) is 0 Å². The highest BCUT2D eigenvalue weighted by molar-refractivity contribution is 5.97. The fourth-order valence-electron chi connectivity index (χ4n) is 3.31. The van der Waals surface area contributed by atoms with Crippen molar-refractivity contribution in [3.05, 3.63) is 18.0 Å². The van der Waals surface area contributed by atoms with E-state index in [1.54, 1.807) is 13.0 Å². The highest BCUT2D eigenvalue weighted by Gasteiger charge is 2.41. The van der Waals surface area contributed by atoms with Crippen LogP contribution in [0.15, 0.2) is 12.3 Å². The number of aromatic nitrogens is 2. The molecule has 1 fully saturated rings. The monoisotopic (exact) mass is 393 g/mol. The number of amides is 3. The second-order valence-corrected chi connectivity index (χ2v) is 6.87. The molecule has 154 valence electrons. The Kier molecular flexibility index (Phi) is 7.82. The number of anilines is 1. The largest absolute Gasteiger partial charge is 0.382 e. The quantitative estimate of drug-likeness (QED) is 0.369. The number of hydrogen-bond acceptors (Lipinski definition) is 7. The predicted octanol–water partition coefficient (Wildman–Crippen LogP) is 0.387. The molecular weight excluding hydrogens is 366 g/mol. The zero-order valence-corrected chi connectivity index (χ0v) is 16.1. The number of carbonyl (C=O) groups excluding carboxylic acids is 3. The van der Waals surface area contributed by atoms with Gasteiger partial charge in [0.15, 0.2) is 0 Å². The number of hydrogen-bond donors (Lipinski definition) is 4. The Morgan fingerprint density at radius 2 is 2.14 bits per heavy atom. The van der Waals surface area contributed by atoms with Gasteiger partial charge in [-0.05, 0) is 32.3 Å². The van der Waals surface area contributed by atoms with Crippen molar-refractivity contribution in [2.45, 2.75) is 58.1 Å². The van der Waals surface area contributed by atoms with E-state index in [-0.39, 0.29) is 12.4 Å². The average molecular weight is 393 g/mol. The van der Waals surface area contributed by atoms with E-state index < -0.39 is 35.8 Å². The number of aliphatic hydroxyl groups is 1. The Labute approximate surface area is 163 Å². The first-order chi connectivity index (χ1) is 13.4. The fraction of sp³-hybridized carbons (Fsp3) is 0.611. The number of unbranched alkanes of at least 4 members (excludes halogenated alkanes) is 1. The summed E-state index contributed by atoms with van der Waals surface area (Å²) < 4.78 is 0. The molecule has 4 N–H and O–H groups in total. The topological polar surface area (TPSA) is 145 Å². The molecule has 28 heavy (non-hydrogen) atoms. The molecule has 1 aliphatic rings. The van der Waals surface area contributed by atoms with Gasteiger partial charge in [0.05, 0.1) is 5.92 Å². The lowest BCUT2D eigenvalue weighted by atomic mass is 9.93. The van der Waals surface area contributed by atoms with E-state index in [0.717, 1.165) is 6.42 Å². The molecule has 0 aromatic carbocycles. The van der Waals surface area contributed by atoms with Crippen LogP contribution >= 0.6 is 0 Å². The lowest BCUT2D eigenvalue weighted by molar-refractivity contribution is -0.152. The van der Waals surface area contributed by atoms with Gasteiger partial charge >= 0.3 is 0 Å². The van der Waals surface area contributed by atoms with Crippen LogP contribution in [0.1, 0.15) is 44.7 Å². The zero-order chi connectivity index (χ0) is 20.7. The number of aliphatic hydroxyl groups excluding tert-OH is 1. The molecule has 0 spiro atoms. The maximum absolute atomic E-state index is 13.0. The van der Waals surface area contributed by atoms with Crippen LogP contribution in [0.3, 0.4) is 0 Å². The van der Waals surface area contributed by atoms with E-state index in [4.69, 9.17) is 5.21 Å². The number of nitrogens with one attached hydrogen (secondary N) is 2. The van der Waals surface area contributed by atoms with Gasteiger partial charge in [-0.25, -0.2) is 15.4 Å². The lowest BCUT2D eigenvalue weighted by Gasteiger charge is -2.29. The van der Waals surface area contributed by atoms with Gasteiger partial charge in [0.25, 0.3) is 5.91 Å². The molecule has 10 heteroatoms. The van der Waals surface area contributed by atoms with Crippen LogP contribution in [0.25, 0.3) is 0 Å². The smallest absolute Gasteiger partial charge is 0.272 e. The predicted molar refractivity (Wildman–Crippen MR) is 99.1 cm³/mol. The molecule has 3 atom stereocenters. The molecule has 2 rings (SSSR count). The minimum absolute atomic E-state index is 0.159. The summed E-state index contributed by atoms with van der Waals surface area (Å²) in [5.74, 6) is -2.80. The van der Waals surface area contributed by atoms with Crippen LogP contribution in [0, 0.1) is 12.8 Å². The molecule has 10 nitrogen and oxygen atoms in total. The van der Waals surface area contributed by atoms with Gasteiger partial charge in [-0.2, -0.15) is 0 Å². The highest BCUT2D eigenvalue weighted by atomic mass is 16.5. The molecule has 0 bridgehead atoms. The summed E-state index contributed by atoms with van der Waals surface area (Å²) in [6.45, 7) is 4.05. The molecule has 0 aliphatic carbocycles. The van der Waals surface area contributed by atoms with E-state index in [2.05, 4.69) is 15.3 Å². The molecule has 1 aromatic heterocycles. The van der Waals surface area contributed by atoms with Gasteiger partial charge in [-0.3, -0.25) is 24.9 Å². The Hall–Kier alpha value is -2.59. The van der Waals surface area contributed by atoms with Gasteiger partial charge in [0.1, 0.15) is 12.1 Å². The number of likely N-dealkylation sites (tertiary alicyclic amines) is 1. The molecule has 1 aliphatic heterocycles. The highest BCUT2D eigenvalue weighted by Crippen LogP contribution is 2.25. The zero-order valence-electron chi connectivity index (χ0n) is 16.1. The second kappa shape index (κ2) is 10.1. The Balaban J connectivity index is 2.14. The summed E-state index contributed by atoms with van der Waals surface area (Å²) in [6, 6.07) is 0.970. The lowest BCUT2D eigenvalue weighted by Crippen LogP contribution is -2.50. The van der Waals surface area contributed by atoms with Gasteiger partial charge < -0.3 is 10.0 Å². The molecular formula is C18H27N5O5. The van der Waals surface area contributed by atoms with Gasteiger partial charge in [-0.15, -0.1) is 0 Å². The van der Waals surface area contributed by atoms with Crippen molar-refractivity contribution < 1.29 is 24.7 Å². The number of carbonyl (C=O) groups is 3. The maximum Gasteiger partial charge on any atom is 0.272 e. The number of hydroxylamine groups is 1. The number of aryl methyl sites for hydroxylation is 1. The van der Waals surface area contributed by atoms with Crippen LogP contribution in [0.2, 0.25) is 0 Å². The summed E-state index contributed by atoms with van der Waals surface area (Å²) in [6.07, 6.45) is 2.59. The Morgan fingerprint density at radius 1 is 1.39 bits per heavy atom. The average Bonchev–Trinajstić information content (AvgIpc) is 3.17. The van der Waals surface area contributed by atoms with E-state index >= 15 is 0 Å². The Bertz CT molecular complexity index is 713. The first kappa shape index (κ1) is 21.7. The molecule has 1 saturated heterocycles. The molecule has 2 heterocycles. The summed E-state index contributed by atoms with van der Waals surface area (Å²) in [4.78, 5) is 46.9.